The Kier molecular flexibility index (Phi) is 6.02. The molecule has 1 aromatic carbocycles. The number of hydrogen-bond donors (Lipinski definition) is 2. The summed E-state index contributed by atoms with van der Waals surface area (Å²) in [5.74, 6) is -3.70. The highest BCUT2D eigenvalue weighted by Gasteiger charge is 2.22. The molecule has 0 aliphatic rings. The monoisotopic (exact) mass is 369 g/mol. The van der Waals surface area contributed by atoms with Gasteiger partial charge in [-0.05, 0) is 29.8 Å². The van der Waals surface area contributed by atoms with Gasteiger partial charge in [-0.1, -0.05) is 6.92 Å². The van der Waals surface area contributed by atoms with Crippen LogP contribution in [0.15, 0.2) is 42.7 Å². The summed E-state index contributed by atoms with van der Waals surface area (Å²) in [5, 5.41) is 2.62. The number of anilines is 1. The summed E-state index contributed by atoms with van der Waals surface area (Å²) in [6, 6.07) is 5.94. The fourth-order valence-electron chi connectivity index (χ4n) is 2.05. The Morgan fingerprint density at radius 2 is 1.88 bits per heavy atom. The number of sulfonamides is 1. The smallest absolute Gasteiger partial charge is 0.233 e. The minimum atomic E-state index is -3.98. The average molecular weight is 369 g/mol. The van der Waals surface area contributed by atoms with Crippen LogP contribution < -0.4 is 10.0 Å². The molecule has 6 nitrogen and oxygen atoms in total. The Bertz CT molecular complexity index is 845. The number of amides is 1. The Hall–Kier alpha value is -2.55. The quantitative estimate of drug-likeness (QED) is 0.782. The Morgan fingerprint density at radius 1 is 1.20 bits per heavy atom. The first kappa shape index (κ1) is 18.8. The maximum absolute atomic E-state index is 13.5. The van der Waals surface area contributed by atoms with Gasteiger partial charge in [-0.25, -0.2) is 17.2 Å². The number of nitrogens with zero attached hydrogens (tertiary/aromatic N) is 1. The van der Waals surface area contributed by atoms with Crippen LogP contribution in [0.4, 0.5) is 14.5 Å². The molecule has 0 fully saturated rings. The van der Waals surface area contributed by atoms with E-state index in [2.05, 4.69) is 10.3 Å². The van der Waals surface area contributed by atoms with Crippen molar-refractivity contribution in [2.75, 3.05) is 10.5 Å². The van der Waals surface area contributed by atoms with Crippen LogP contribution in [0.2, 0.25) is 0 Å². The van der Waals surface area contributed by atoms with Crippen molar-refractivity contribution >= 4 is 21.6 Å². The SMILES string of the molecule is CC(CS(=O)(=O)Nc1ccc(F)cc1F)C(=O)NCc1ccncc1. The van der Waals surface area contributed by atoms with E-state index in [0.717, 1.165) is 17.7 Å². The van der Waals surface area contributed by atoms with Gasteiger partial charge in [0.15, 0.2) is 0 Å². The number of pyridine rings is 1. The molecule has 2 rings (SSSR count). The van der Waals surface area contributed by atoms with Gasteiger partial charge in [0.2, 0.25) is 15.9 Å². The Labute approximate surface area is 144 Å². The van der Waals surface area contributed by atoms with Crippen LogP contribution in [-0.2, 0) is 21.4 Å². The van der Waals surface area contributed by atoms with Crippen molar-refractivity contribution in [2.45, 2.75) is 13.5 Å². The summed E-state index contributed by atoms with van der Waals surface area (Å²) in [4.78, 5) is 15.9. The standard InChI is InChI=1S/C16H17F2N3O3S/c1-11(16(22)20-9-12-4-6-19-7-5-12)10-25(23,24)21-15-3-2-13(17)8-14(15)18/h2-8,11,21H,9-10H2,1H3,(H,20,22). The van der Waals surface area contributed by atoms with Crippen LogP contribution >= 0.6 is 0 Å². The first-order valence-corrected chi connectivity index (χ1v) is 9.04. The number of halogens is 2. The third-order valence-corrected chi connectivity index (χ3v) is 4.80. The molecule has 0 saturated carbocycles. The number of carbonyl (C=O) groups excluding carboxylic acids is 1. The molecule has 0 saturated heterocycles. The van der Waals surface area contributed by atoms with Gasteiger partial charge >= 0.3 is 0 Å². The zero-order valence-corrected chi connectivity index (χ0v) is 14.2. The molecule has 9 heteroatoms. The molecule has 1 amide bonds. The van der Waals surface area contributed by atoms with Crippen molar-refractivity contribution in [2.24, 2.45) is 5.92 Å². The van der Waals surface area contributed by atoms with Gasteiger partial charge in [0.05, 0.1) is 17.4 Å². The van der Waals surface area contributed by atoms with Crippen molar-refractivity contribution in [3.63, 3.8) is 0 Å². The average Bonchev–Trinajstić information content (AvgIpc) is 2.55. The van der Waals surface area contributed by atoms with Crippen molar-refractivity contribution in [3.8, 4) is 0 Å². The minimum absolute atomic E-state index is 0.242. The van der Waals surface area contributed by atoms with Crippen molar-refractivity contribution < 1.29 is 22.0 Å². The number of carbonyl (C=O) groups is 1. The summed E-state index contributed by atoms with van der Waals surface area (Å²) in [7, 11) is -3.98. The second kappa shape index (κ2) is 8.02. The van der Waals surface area contributed by atoms with Crippen LogP contribution in [0.5, 0.6) is 0 Å². The van der Waals surface area contributed by atoms with E-state index in [0.29, 0.717) is 6.07 Å². The summed E-state index contributed by atoms with van der Waals surface area (Å²) < 4.78 is 52.5. The molecular formula is C16H17F2N3O3S. The zero-order chi connectivity index (χ0) is 18.4. The lowest BCUT2D eigenvalue weighted by molar-refractivity contribution is -0.124. The van der Waals surface area contributed by atoms with E-state index in [1.807, 2.05) is 4.72 Å². The fourth-order valence-corrected chi connectivity index (χ4v) is 3.44. The molecule has 0 bridgehead atoms. The maximum atomic E-state index is 13.5. The minimum Gasteiger partial charge on any atom is -0.352 e. The second-order valence-electron chi connectivity index (χ2n) is 5.48. The van der Waals surface area contributed by atoms with Gasteiger partial charge in [0.25, 0.3) is 0 Å². The van der Waals surface area contributed by atoms with E-state index < -0.39 is 39.2 Å². The van der Waals surface area contributed by atoms with Gasteiger partial charge in [-0.3, -0.25) is 14.5 Å². The molecule has 134 valence electrons. The lowest BCUT2D eigenvalue weighted by Crippen LogP contribution is -2.34. The van der Waals surface area contributed by atoms with Gasteiger partial charge in [0.1, 0.15) is 11.6 Å². The van der Waals surface area contributed by atoms with Gasteiger partial charge in [-0.2, -0.15) is 0 Å². The van der Waals surface area contributed by atoms with Crippen LogP contribution in [0.1, 0.15) is 12.5 Å². The van der Waals surface area contributed by atoms with Crippen molar-refractivity contribution in [1.82, 2.24) is 10.3 Å². The zero-order valence-electron chi connectivity index (χ0n) is 13.4. The number of nitrogens with one attached hydrogen (secondary N) is 2. The Morgan fingerprint density at radius 3 is 2.52 bits per heavy atom. The van der Waals surface area contributed by atoms with E-state index in [1.165, 1.54) is 6.92 Å². The summed E-state index contributed by atoms with van der Waals surface area (Å²) in [6.07, 6.45) is 3.16. The number of aromatic nitrogens is 1. The molecule has 1 unspecified atom stereocenters. The van der Waals surface area contributed by atoms with Gasteiger partial charge in [-0.15, -0.1) is 0 Å². The van der Waals surface area contributed by atoms with E-state index in [4.69, 9.17) is 0 Å². The summed E-state index contributed by atoms with van der Waals surface area (Å²) in [6.45, 7) is 1.69. The highest BCUT2D eigenvalue weighted by atomic mass is 32.2. The van der Waals surface area contributed by atoms with Crippen LogP contribution in [0, 0.1) is 17.6 Å². The third-order valence-electron chi connectivity index (χ3n) is 3.33. The number of rotatable bonds is 7. The number of hydrogen-bond acceptors (Lipinski definition) is 4. The van der Waals surface area contributed by atoms with Crippen LogP contribution in [-0.4, -0.2) is 25.1 Å². The maximum Gasteiger partial charge on any atom is 0.233 e. The van der Waals surface area contributed by atoms with E-state index in [-0.39, 0.29) is 12.2 Å². The predicted octanol–water partition coefficient (Wildman–Crippen LogP) is 2.05. The first-order chi connectivity index (χ1) is 11.8. The molecule has 2 aromatic rings. The molecule has 0 aliphatic carbocycles. The third kappa shape index (κ3) is 5.79. The van der Waals surface area contributed by atoms with Gasteiger partial charge < -0.3 is 5.32 Å². The molecule has 0 spiro atoms. The van der Waals surface area contributed by atoms with Crippen molar-refractivity contribution in [3.05, 3.63) is 59.9 Å². The van der Waals surface area contributed by atoms with E-state index in [1.54, 1.807) is 24.5 Å². The molecule has 0 aliphatic heterocycles. The van der Waals surface area contributed by atoms with E-state index in [9.17, 15) is 22.0 Å². The molecule has 0 radical (unpaired) electrons. The predicted molar refractivity (Wildman–Crippen MR) is 89.0 cm³/mol. The highest BCUT2D eigenvalue weighted by molar-refractivity contribution is 7.92. The highest BCUT2D eigenvalue weighted by Crippen LogP contribution is 2.17. The van der Waals surface area contributed by atoms with Crippen molar-refractivity contribution in [1.29, 1.82) is 0 Å². The topological polar surface area (TPSA) is 88.2 Å². The fraction of sp³-hybridized carbons (Fsp3) is 0.250. The first-order valence-electron chi connectivity index (χ1n) is 7.39. The normalized spacial score (nSPS) is 12.4. The van der Waals surface area contributed by atoms with Gasteiger partial charge in [0, 0.05) is 25.0 Å². The van der Waals surface area contributed by atoms with Crippen LogP contribution in [0.3, 0.4) is 0 Å². The van der Waals surface area contributed by atoms with Crippen LogP contribution in [0.25, 0.3) is 0 Å². The largest absolute Gasteiger partial charge is 0.352 e. The summed E-state index contributed by atoms with van der Waals surface area (Å²) >= 11 is 0. The molecule has 2 N–H and O–H groups in total. The second-order valence-corrected chi connectivity index (χ2v) is 7.25. The molecule has 1 atom stereocenters. The van der Waals surface area contributed by atoms with E-state index >= 15 is 0 Å². The summed E-state index contributed by atoms with van der Waals surface area (Å²) in [5.41, 5.74) is 0.454. The molecule has 25 heavy (non-hydrogen) atoms. The molecule has 1 aromatic heterocycles. The lowest BCUT2D eigenvalue weighted by Gasteiger charge is -2.14. The molecular weight excluding hydrogens is 352 g/mol. The molecule has 1 heterocycles. The number of benzene rings is 1. The Balaban J connectivity index is 1.93. The lowest BCUT2D eigenvalue weighted by atomic mass is 10.2.